The second kappa shape index (κ2) is 11.7. The van der Waals surface area contributed by atoms with Gasteiger partial charge in [0, 0.05) is 0 Å². The molecule has 0 aliphatic heterocycles. The minimum Gasteiger partial charge on any atom is -0.482 e. The lowest BCUT2D eigenvalue weighted by atomic mass is 10.3. The molecule has 8 nitrogen and oxygen atoms in total. The average molecular weight is 604 g/mol. The van der Waals surface area contributed by atoms with Gasteiger partial charge in [0.1, 0.15) is 28.0 Å². The second-order valence-electron chi connectivity index (χ2n) is 7.28. The standard InChI is InChI=1S/C24H16Cl5N3O5/c1-2-35-24(34)14-10-30-32(12-6-4-3-5-7-12)22(14)31-23(33)15-9-8-13(37-15)11-36-21-19(28)17(26)16(25)18(27)20(21)29/h3-10H,2,11H2,1H3,(H,31,33). The number of aromatic nitrogens is 2. The van der Waals surface area contributed by atoms with Crippen LogP contribution in [0.1, 0.15) is 33.6 Å². The summed E-state index contributed by atoms with van der Waals surface area (Å²) in [5.41, 5.74) is 0.700. The Morgan fingerprint density at radius 2 is 1.59 bits per heavy atom. The van der Waals surface area contributed by atoms with Crippen molar-refractivity contribution in [1.29, 1.82) is 0 Å². The number of esters is 1. The van der Waals surface area contributed by atoms with Crippen molar-refractivity contribution in [3.8, 4) is 11.4 Å². The lowest BCUT2D eigenvalue weighted by Gasteiger charge is -2.13. The number of halogens is 5. The summed E-state index contributed by atoms with van der Waals surface area (Å²) < 4.78 is 17.7. The van der Waals surface area contributed by atoms with E-state index in [0.717, 1.165) is 0 Å². The summed E-state index contributed by atoms with van der Waals surface area (Å²) in [6.45, 7) is 1.68. The number of ether oxygens (including phenoxy) is 2. The van der Waals surface area contributed by atoms with Gasteiger partial charge in [0.05, 0.1) is 33.6 Å². The van der Waals surface area contributed by atoms with Gasteiger partial charge in [0.15, 0.2) is 17.3 Å². The number of rotatable bonds is 8. The third-order valence-electron chi connectivity index (χ3n) is 4.91. The number of carbonyl (C=O) groups is 2. The van der Waals surface area contributed by atoms with Crippen LogP contribution in [-0.4, -0.2) is 28.3 Å². The van der Waals surface area contributed by atoms with Gasteiger partial charge in [-0.3, -0.25) is 4.79 Å². The summed E-state index contributed by atoms with van der Waals surface area (Å²) in [6.07, 6.45) is 1.32. The molecule has 0 unspecified atom stereocenters. The van der Waals surface area contributed by atoms with Crippen molar-refractivity contribution in [3.05, 3.63) is 90.9 Å². The van der Waals surface area contributed by atoms with Crippen molar-refractivity contribution >= 4 is 75.7 Å². The number of hydrogen-bond donors (Lipinski definition) is 1. The molecule has 37 heavy (non-hydrogen) atoms. The molecule has 2 aromatic carbocycles. The molecule has 4 rings (SSSR count). The Morgan fingerprint density at radius 1 is 0.946 bits per heavy atom. The van der Waals surface area contributed by atoms with Gasteiger partial charge >= 0.3 is 5.97 Å². The number of nitrogens with one attached hydrogen (secondary N) is 1. The maximum absolute atomic E-state index is 13.0. The van der Waals surface area contributed by atoms with Gasteiger partial charge in [-0.2, -0.15) is 5.10 Å². The molecule has 1 N–H and O–H groups in total. The van der Waals surface area contributed by atoms with E-state index in [0.29, 0.717) is 5.69 Å². The smallest absolute Gasteiger partial charge is 0.343 e. The first-order chi connectivity index (χ1) is 17.7. The maximum atomic E-state index is 13.0. The van der Waals surface area contributed by atoms with Gasteiger partial charge < -0.3 is 19.2 Å². The van der Waals surface area contributed by atoms with Crippen molar-refractivity contribution < 1.29 is 23.5 Å². The molecule has 4 aromatic rings. The zero-order valence-corrected chi connectivity index (χ0v) is 22.6. The third-order valence-corrected chi connectivity index (χ3v) is 7.15. The van der Waals surface area contributed by atoms with Crippen LogP contribution in [0.3, 0.4) is 0 Å². The van der Waals surface area contributed by atoms with Crippen LogP contribution in [0.15, 0.2) is 53.1 Å². The highest BCUT2D eigenvalue weighted by Gasteiger charge is 2.24. The topological polar surface area (TPSA) is 95.6 Å². The summed E-state index contributed by atoms with van der Waals surface area (Å²) >= 11 is 30.5. The van der Waals surface area contributed by atoms with E-state index in [9.17, 15) is 9.59 Å². The molecule has 0 aliphatic carbocycles. The summed E-state index contributed by atoms with van der Waals surface area (Å²) in [4.78, 5) is 25.5. The maximum Gasteiger partial charge on any atom is 0.343 e. The number of para-hydroxylation sites is 1. The molecule has 1 amide bonds. The van der Waals surface area contributed by atoms with Crippen LogP contribution < -0.4 is 10.1 Å². The van der Waals surface area contributed by atoms with E-state index in [1.807, 2.05) is 6.07 Å². The summed E-state index contributed by atoms with van der Waals surface area (Å²) in [5, 5.41) is 6.84. The highest BCUT2D eigenvalue weighted by Crippen LogP contribution is 2.48. The predicted molar refractivity (Wildman–Crippen MR) is 142 cm³/mol. The largest absolute Gasteiger partial charge is 0.482 e. The molecule has 0 aliphatic rings. The van der Waals surface area contributed by atoms with Crippen molar-refractivity contribution in [2.75, 3.05) is 11.9 Å². The zero-order chi connectivity index (χ0) is 26.7. The van der Waals surface area contributed by atoms with Crippen molar-refractivity contribution in [1.82, 2.24) is 9.78 Å². The quantitative estimate of drug-likeness (QED) is 0.126. The van der Waals surface area contributed by atoms with Crippen LogP contribution in [0, 0.1) is 0 Å². The number of carbonyl (C=O) groups excluding carboxylic acids is 2. The Balaban J connectivity index is 1.55. The average Bonchev–Trinajstić information content (AvgIpc) is 3.54. The lowest BCUT2D eigenvalue weighted by Crippen LogP contribution is -2.17. The number of furan rings is 1. The van der Waals surface area contributed by atoms with E-state index in [1.165, 1.54) is 23.0 Å². The second-order valence-corrected chi connectivity index (χ2v) is 9.17. The predicted octanol–water partition coefficient (Wildman–Crippen LogP) is 7.74. The van der Waals surface area contributed by atoms with Gasteiger partial charge in [-0.1, -0.05) is 76.2 Å². The molecule has 192 valence electrons. The van der Waals surface area contributed by atoms with Gasteiger partial charge in [0.2, 0.25) is 0 Å². The van der Waals surface area contributed by atoms with Gasteiger partial charge in [-0.05, 0) is 31.2 Å². The third kappa shape index (κ3) is 5.68. The van der Waals surface area contributed by atoms with Crippen molar-refractivity contribution in [3.63, 3.8) is 0 Å². The van der Waals surface area contributed by atoms with Crippen LogP contribution in [-0.2, 0) is 11.3 Å². The molecule has 13 heteroatoms. The highest BCUT2D eigenvalue weighted by atomic mass is 35.5. The molecule has 0 spiro atoms. The molecule has 0 radical (unpaired) electrons. The molecular weight excluding hydrogens is 588 g/mol. The minimum atomic E-state index is -0.637. The van der Waals surface area contributed by atoms with Crippen LogP contribution in [0.2, 0.25) is 25.1 Å². The fourth-order valence-electron chi connectivity index (χ4n) is 3.19. The van der Waals surface area contributed by atoms with E-state index in [-0.39, 0.29) is 67.0 Å². The molecule has 0 bridgehead atoms. The van der Waals surface area contributed by atoms with E-state index >= 15 is 0 Å². The van der Waals surface area contributed by atoms with Crippen LogP contribution >= 0.6 is 58.0 Å². The number of amides is 1. The van der Waals surface area contributed by atoms with E-state index < -0.39 is 11.9 Å². The van der Waals surface area contributed by atoms with E-state index in [4.69, 9.17) is 71.9 Å². The molecule has 0 saturated heterocycles. The summed E-state index contributed by atoms with van der Waals surface area (Å²) in [6, 6.07) is 11.9. The first-order valence-corrected chi connectivity index (χ1v) is 12.5. The Labute approximate surface area is 235 Å². The molecule has 2 heterocycles. The first-order valence-electron chi connectivity index (χ1n) is 10.6. The minimum absolute atomic E-state index is 0.000398. The molecular formula is C24H16Cl5N3O5. The Bertz CT molecular complexity index is 1440. The van der Waals surface area contributed by atoms with Crippen molar-refractivity contribution in [2.24, 2.45) is 0 Å². The van der Waals surface area contributed by atoms with Crippen LogP contribution in [0.4, 0.5) is 5.82 Å². The van der Waals surface area contributed by atoms with Gasteiger partial charge in [0.25, 0.3) is 5.91 Å². The Kier molecular flexibility index (Phi) is 8.56. The van der Waals surface area contributed by atoms with Crippen LogP contribution in [0.5, 0.6) is 5.75 Å². The highest BCUT2D eigenvalue weighted by molar-refractivity contribution is 6.55. The normalized spacial score (nSPS) is 10.9. The fraction of sp³-hybridized carbons (Fsp3) is 0.125. The summed E-state index contributed by atoms with van der Waals surface area (Å²) in [5.74, 6) is -0.935. The van der Waals surface area contributed by atoms with E-state index in [2.05, 4.69) is 10.4 Å². The van der Waals surface area contributed by atoms with Crippen LogP contribution in [0.25, 0.3) is 5.69 Å². The zero-order valence-electron chi connectivity index (χ0n) is 18.9. The molecule has 0 saturated carbocycles. The van der Waals surface area contributed by atoms with E-state index in [1.54, 1.807) is 31.2 Å². The fourth-order valence-corrected chi connectivity index (χ4v) is 4.42. The molecule has 0 atom stereocenters. The monoisotopic (exact) mass is 601 g/mol. The lowest BCUT2D eigenvalue weighted by molar-refractivity contribution is 0.0527. The Morgan fingerprint density at radius 3 is 2.24 bits per heavy atom. The number of anilines is 1. The SMILES string of the molecule is CCOC(=O)c1cnn(-c2ccccc2)c1NC(=O)c1ccc(COc2c(Cl)c(Cl)c(Cl)c(Cl)c2Cl)o1. The summed E-state index contributed by atoms with van der Waals surface area (Å²) in [7, 11) is 0. The first kappa shape index (κ1) is 27.2. The number of benzene rings is 2. The van der Waals surface area contributed by atoms with Gasteiger partial charge in [-0.25, -0.2) is 9.48 Å². The molecule has 0 fully saturated rings. The number of nitrogens with zero attached hydrogens (tertiary/aromatic N) is 2. The van der Waals surface area contributed by atoms with Gasteiger partial charge in [-0.15, -0.1) is 0 Å². The molecule has 2 aromatic heterocycles. The number of hydrogen-bond acceptors (Lipinski definition) is 6. The van der Waals surface area contributed by atoms with Crippen molar-refractivity contribution in [2.45, 2.75) is 13.5 Å². The Hall–Kier alpha value is -2.88.